The second kappa shape index (κ2) is 12.3. The Balaban J connectivity index is 0.00000312. The Kier molecular flexibility index (Phi) is 13.0. The minimum atomic E-state index is -1.82. The number of hydrogen-bond acceptors (Lipinski definition) is 0. The molecule has 0 spiro atoms. The minimum absolute atomic E-state index is 0. The van der Waals surface area contributed by atoms with Crippen molar-refractivity contribution >= 4 is 5.92 Å². The van der Waals surface area contributed by atoms with Crippen LogP contribution in [0.2, 0.25) is 18.3 Å². The Morgan fingerprint density at radius 2 is 1.12 bits per heavy atom. The third-order valence-corrected chi connectivity index (χ3v) is 36.5. The van der Waals surface area contributed by atoms with Crippen molar-refractivity contribution in [3.8, 4) is 0 Å². The van der Waals surface area contributed by atoms with Gasteiger partial charge in [0.2, 0.25) is 0 Å². The summed E-state index contributed by atoms with van der Waals surface area (Å²) in [4.78, 5) is 0. The largest absolute Gasteiger partial charge is 1.00 e. The molecule has 0 amide bonds. The summed E-state index contributed by atoms with van der Waals surface area (Å²) in [5.41, 5.74) is 3.56. The third kappa shape index (κ3) is 4.64. The maximum atomic E-state index is 2.68. The first-order chi connectivity index (χ1) is 11.6. The zero-order valence-corrected chi connectivity index (χ0v) is 25.5. The summed E-state index contributed by atoms with van der Waals surface area (Å²) in [5, 5.41) is 0. The molecule has 4 heteroatoms. The molecule has 0 heterocycles. The van der Waals surface area contributed by atoms with E-state index >= 15 is 0 Å². The molecular formula is C22H37I2SiZr. The van der Waals surface area contributed by atoms with Crippen LogP contribution in [0.1, 0.15) is 67.2 Å². The van der Waals surface area contributed by atoms with E-state index in [0.717, 1.165) is 0 Å². The van der Waals surface area contributed by atoms with Crippen LogP contribution in [0.15, 0.2) is 47.6 Å². The van der Waals surface area contributed by atoms with Gasteiger partial charge in [0.15, 0.2) is 0 Å². The molecule has 147 valence electrons. The zero-order chi connectivity index (χ0) is 17.8. The van der Waals surface area contributed by atoms with Gasteiger partial charge in [0.25, 0.3) is 0 Å². The van der Waals surface area contributed by atoms with Crippen LogP contribution in [0.5, 0.6) is 0 Å². The van der Waals surface area contributed by atoms with Gasteiger partial charge in [0.05, 0.1) is 0 Å². The zero-order valence-electron chi connectivity index (χ0n) is 17.5. The molecule has 2 aliphatic rings. The molecule has 0 fully saturated rings. The summed E-state index contributed by atoms with van der Waals surface area (Å²) in [6.07, 6.45) is 20.3. The van der Waals surface area contributed by atoms with Gasteiger partial charge in [-0.25, -0.2) is 0 Å². The topological polar surface area (TPSA) is 0 Å². The number of hydrogen-bond donors (Lipinski definition) is 0. The Labute approximate surface area is 205 Å². The molecule has 0 radical (unpaired) electrons. The Morgan fingerprint density at radius 3 is 1.38 bits per heavy atom. The van der Waals surface area contributed by atoms with Gasteiger partial charge in [-0.15, -0.1) is 0 Å². The van der Waals surface area contributed by atoms with Crippen LogP contribution in [0.3, 0.4) is 0 Å². The summed E-state index contributed by atoms with van der Waals surface area (Å²) in [6.45, 7) is 14.8. The first-order valence-electron chi connectivity index (χ1n) is 10.3. The van der Waals surface area contributed by atoms with E-state index in [4.69, 9.17) is 0 Å². The van der Waals surface area contributed by atoms with Crippen LogP contribution >= 0.6 is 0 Å². The number of halogens is 2. The van der Waals surface area contributed by atoms with Crippen molar-refractivity contribution in [2.75, 3.05) is 0 Å². The second-order valence-corrected chi connectivity index (χ2v) is 26.3. The van der Waals surface area contributed by atoms with E-state index in [2.05, 4.69) is 78.0 Å². The fourth-order valence-corrected chi connectivity index (χ4v) is 39.0. The molecule has 2 rings (SSSR count). The molecule has 0 nitrogen and oxygen atoms in total. The minimum Gasteiger partial charge on any atom is -1.00 e. The summed E-state index contributed by atoms with van der Waals surface area (Å²) < 4.78 is 0.998. The fraction of sp³-hybridized carbons (Fsp3) is 0.636. The van der Waals surface area contributed by atoms with Gasteiger partial charge in [-0.05, 0) is 0 Å². The molecule has 2 atom stereocenters. The van der Waals surface area contributed by atoms with E-state index in [0.29, 0.717) is 6.25 Å². The summed E-state index contributed by atoms with van der Waals surface area (Å²) in [6, 6.07) is 3.01. The molecule has 0 N–H and O–H groups in total. The van der Waals surface area contributed by atoms with Crippen molar-refractivity contribution in [3.05, 3.63) is 47.6 Å². The molecule has 0 aromatic heterocycles. The van der Waals surface area contributed by atoms with Gasteiger partial charge >= 0.3 is 160 Å². The van der Waals surface area contributed by atoms with Gasteiger partial charge in [-0.3, -0.25) is 0 Å². The van der Waals surface area contributed by atoms with Gasteiger partial charge in [0.1, 0.15) is 0 Å². The van der Waals surface area contributed by atoms with E-state index in [1.807, 2.05) is 0 Å². The standard InChI is InChI=1S/2C9H13.C4H11Si.2HI.Zr/c2*1-3-8-6-5-7-9(8)4-2;1-3-5-4-2;;;/h2*5-7H,3-4H2,1-2H3;5H,3-4H2,1-2H3;2*1H;/q;;;;;+2/p-2. The molecule has 26 heavy (non-hydrogen) atoms. The van der Waals surface area contributed by atoms with E-state index < -0.39 is 26.8 Å². The van der Waals surface area contributed by atoms with Crippen LogP contribution in [0.4, 0.5) is 0 Å². The molecule has 0 aliphatic heterocycles. The van der Waals surface area contributed by atoms with E-state index in [-0.39, 0.29) is 48.0 Å². The molecule has 0 aromatic rings. The predicted molar refractivity (Wildman–Crippen MR) is 109 cm³/mol. The normalized spacial score (nSPS) is 26.4. The van der Waals surface area contributed by atoms with Gasteiger partial charge in [-0.2, -0.15) is 0 Å². The van der Waals surface area contributed by atoms with Crippen LogP contribution < -0.4 is 48.0 Å². The quantitative estimate of drug-likeness (QED) is 0.256. The molecule has 2 unspecified atom stereocenters. The van der Waals surface area contributed by atoms with Crippen LogP contribution in [0, 0.1) is 0 Å². The maximum Gasteiger partial charge on any atom is -1.00 e. The smallest absolute Gasteiger partial charge is 1.00 e. The van der Waals surface area contributed by atoms with E-state index in [9.17, 15) is 0 Å². The fourth-order valence-electron chi connectivity index (χ4n) is 5.45. The summed E-state index contributed by atoms with van der Waals surface area (Å²) in [5.74, 6) is -0.675. The van der Waals surface area contributed by atoms with Gasteiger partial charge < -0.3 is 48.0 Å². The number of rotatable bonds is 9. The number of allylic oxidation sites excluding steroid dienone is 8. The van der Waals surface area contributed by atoms with Gasteiger partial charge in [0, 0.05) is 0 Å². The summed E-state index contributed by atoms with van der Waals surface area (Å²) in [7, 11) is 0. The van der Waals surface area contributed by atoms with Crippen molar-refractivity contribution in [2.24, 2.45) is 0 Å². The molecule has 0 bridgehead atoms. The molecule has 2 aliphatic carbocycles. The van der Waals surface area contributed by atoms with Crippen molar-refractivity contribution in [2.45, 2.75) is 85.6 Å². The average molecular weight is 675 g/mol. The SMILES string of the molecule is CCC1=CC=C[C]1(CC)[Zr+2]([SiH](CC)CC)[C]1(CC)C=CC=C1CC.[I-].[I-]. The van der Waals surface area contributed by atoms with Crippen LogP contribution in [0.25, 0.3) is 0 Å². The average Bonchev–Trinajstić information content (AvgIpc) is 3.23. The van der Waals surface area contributed by atoms with Crippen molar-refractivity contribution in [1.82, 2.24) is 0 Å². The monoisotopic (exact) mass is 673 g/mol. The Hall–Kier alpha value is 1.52. The Morgan fingerprint density at radius 1 is 0.731 bits per heavy atom. The van der Waals surface area contributed by atoms with Crippen molar-refractivity contribution < 1.29 is 68.9 Å². The first kappa shape index (κ1) is 27.5. The first-order valence-corrected chi connectivity index (χ1v) is 19.2. The Bertz CT molecular complexity index is 518. The maximum absolute atomic E-state index is 2.68. The van der Waals surface area contributed by atoms with Crippen LogP contribution in [-0.4, -0.2) is 5.92 Å². The van der Waals surface area contributed by atoms with Crippen molar-refractivity contribution in [1.29, 1.82) is 0 Å². The molecular weight excluding hydrogens is 637 g/mol. The van der Waals surface area contributed by atoms with E-state index in [1.54, 1.807) is 11.1 Å². The molecule has 0 aromatic carbocycles. The predicted octanol–water partition coefficient (Wildman–Crippen LogP) is 1.33. The van der Waals surface area contributed by atoms with Crippen molar-refractivity contribution in [3.63, 3.8) is 0 Å². The van der Waals surface area contributed by atoms with Gasteiger partial charge in [-0.1, -0.05) is 0 Å². The molecule has 0 saturated heterocycles. The van der Waals surface area contributed by atoms with Crippen LogP contribution in [-0.2, 0) is 20.9 Å². The third-order valence-electron chi connectivity index (χ3n) is 6.73. The summed E-state index contributed by atoms with van der Waals surface area (Å²) >= 11 is -1.82. The van der Waals surface area contributed by atoms with E-state index in [1.165, 1.54) is 37.8 Å². The molecule has 0 saturated carbocycles. The second-order valence-electron chi connectivity index (χ2n) is 7.39.